The fourth-order valence-electron chi connectivity index (χ4n) is 1.91. The Balaban J connectivity index is 2.13. The van der Waals surface area contributed by atoms with Crippen LogP contribution in [-0.4, -0.2) is 13.2 Å². The summed E-state index contributed by atoms with van der Waals surface area (Å²) in [4.78, 5) is 0. The molecule has 0 fully saturated rings. The maximum absolute atomic E-state index is 5.87. The van der Waals surface area contributed by atoms with Crippen molar-refractivity contribution in [1.82, 2.24) is 0 Å². The summed E-state index contributed by atoms with van der Waals surface area (Å²) in [5.74, 6) is 7.43. The number of nitrogens with two attached hydrogens (primary N) is 1. The molecule has 0 radical (unpaired) electrons. The second kappa shape index (κ2) is 7.98. The third kappa shape index (κ3) is 4.27. The van der Waals surface area contributed by atoms with E-state index < -0.39 is 0 Å². The molecule has 2 N–H and O–H groups in total. The van der Waals surface area contributed by atoms with Crippen molar-refractivity contribution in [3.05, 3.63) is 59.7 Å². The van der Waals surface area contributed by atoms with Crippen molar-refractivity contribution in [3.8, 4) is 23.3 Å². The summed E-state index contributed by atoms with van der Waals surface area (Å²) in [7, 11) is 0. The van der Waals surface area contributed by atoms with Gasteiger partial charge < -0.3 is 15.2 Å². The van der Waals surface area contributed by atoms with Crippen molar-refractivity contribution in [2.45, 2.75) is 13.5 Å². The molecule has 0 aliphatic heterocycles. The Bertz CT molecular complexity index is 641. The Morgan fingerprint density at radius 1 is 0.952 bits per heavy atom. The van der Waals surface area contributed by atoms with E-state index in [1.165, 1.54) is 0 Å². The van der Waals surface area contributed by atoms with Gasteiger partial charge in [-0.3, -0.25) is 0 Å². The van der Waals surface area contributed by atoms with Crippen LogP contribution in [0.2, 0.25) is 0 Å². The normalized spacial score (nSPS) is 9.62. The maximum Gasteiger partial charge on any atom is 0.161 e. The van der Waals surface area contributed by atoms with E-state index in [1.54, 1.807) is 0 Å². The number of hydrogen-bond donors (Lipinski definition) is 1. The van der Waals surface area contributed by atoms with E-state index in [0.29, 0.717) is 19.8 Å². The fraction of sp³-hybridized carbons (Fsp3) is 0.222. The molecule has 0 atom stereocenters. The van der Waals surface area contributed by atoms with Gasteiger partial charge in [-0.1, -0.05) is 42.2 Å². The third-order valence-corrected chi connectivity index (χ3v) is 2.87. The van der Waals surface area contributed by atoms with Crippen LogP contribution in [-0.2, 0) is 6.61 Å². The number of para-hydroxylation sites is 2. The first-order chi connectivity index (χ1) is 10.3. The Kier molecular flexibility index (Phi) is 5.69. The van der Waals surface area contributed by atoms with E-state index in [1.807, 2.05) is 55.5 Å². The second-order valence-corrected chi connectivity index (χ2v) is 4.33. The van der Waals surface area contributed by atoms with E-state index in [-0.39, 0.29) is 0 Å². The summed E-state index contributed by atoms with van der Waals surface area (Å²) >= 11 is 0. The first-order valence-corrected chi connectivity index (χ1v) is 6.96. The lowest BCUT2D eigenvalue weighted by molar-refractivity contribution is 0.269. The van der Waals surface area contributed by atoms with E-state index >= 15 is 0 Å². The summed E-state index contributed by atoms with van der Waals surface area (Å²) in [5, 5.41) is 0. The van der Waals surface area contributed by atoms with Crippen molar-refractivity contribution >= 4 is 0 Å². The SMILES string of the molecule is CCOc1ccccc1OCc1ccccc1C#CCN. The van der Waals surface area contributed by atoms with Crippen LogP contribution >= 0.6 is 0 Å². The Morgan fingerprint density at radius 2 is 1.62 bits per heavy atom. The standard InChI is InChI=1S/C18H19NO2/c1-2-20-17-11-5-6-12-18(17)21-14-16-9-4-3-8-15(16)10-7-13-19/h3-6,8-9,11-12H,2,13-14,19H2,1H3. The summed E-state index contributed by atoms with van der Waals surface area (Å²) < 4.78 is 11.4. The smallest absolute Gasteiger partial charge is 0.161 e. The first kappa shape index (κ1) is 15.0. The van der Waals surface area contributed by atoms with Crippen LogP contribution in [0.25, 0.3) is 0 Å². The quantitative estimate of drug-likeness (QED) is 0.857. The van der Waals surface area contributed by atoms with Crippen LogP contribution in [0, 0.1) is 11.8 Å². The predicted molar refractivity (Wildman–Crippen MR) is 84.3 cm³/mol. The topological polar surface area (TPSA) is 44.5 Å². The van der Waals surface area contributed by atoms with Gasteiger partial charge in [0.1, 0.15) is 6.61 Å². The zero-order valence-electron chi connectivity index (χ0n) is 12.1. The van der Waals surface area contributed by atoms with Crippen LogP contribution in [0.5, 0.6) is 11.5 Å². The predicted octanol–water partition coefficient (Wildman–Crippen LogP) is 2.97. The molecule has 0 amide bonds. The third-order valence-electron chi connectivity index (χ3n) is 2.87. The van der Waals surface area contributed by atoms with Crippen LogP contribution in [0.3, 0.4) is 0 Å². The van der Waals surface area contributed by atoms with Gasteiger partial charge in [0.25, 0.3) is 0 Å². The van der Waals surface area contributed by atoms with Crippen molar-refractivity contribution in [3.63, 3.8) is 0 Å². The lowest BCUT2D eigenvalue weighted by Crippen LogP contribution is -2.01. The van der Waals surface area contributed by atoms with Crippen LogP contribution in [0.1, 0.15) is 18.1 Å². The summed E-state index contributed by atoms with van der Waals surface area (Å²) in [6, 6.07) is 15.6. The molecule has 108 valence electrons. The van der Waals surface area contributed by atoms with Crippen molar-refractivity contribution < 1.29 is 9.47 Å². The highest BCUT2D eigenvalue weighted by atomic mass is 16.5. The molecule has 0 aliphatic rings. The fourth-order valence-corrected chi connectivity index (χ4v) is 1.91. The zero-order chi connectivity index (χ0) is 14.9. The maximum atomic E-state index is 5.87. The molecular formula is C18H19NO2. The minimum absolute atomic E-state index is 0.350. The molecule has 2 aromatic rings. The molecule has 2 aromatic carbocycles. The van der Waals surface area contributed by atoms with Crippen LogP contribution in [0.4, 0.5) is 0 Å². The minimum Gasteiger partial charge on any atom is -0.490 e. The number of rotatable bonds is 5. The van der Waals surface area contributed by atoms with Gasteiger partial charge in [-0.2, -0.15) is 0 Å². The number of ether oxygens (including phenoxy) is 2. The highest BCUT2D eigenvalue weighted by Crippen LogP contribution is 2.27. The summed E-state index contributed by atoms with van der Waals surface area (Å²) in [5.41, 5.74) is 7.40. The Labute approximate surface area is 125 Å². The molecule has 0 saturated carbocycles. The van der Waals surface area contributed by atoms with Crippen LogP contribution < -0.4 is 15.2 Å². The molecule has 3 nitrogen and oxygen atoms in total. The lowest BCUT2D eigenvalue weighted by Gasteiger charge is -2.12. The highest BCUT2D eigenvalue weighted by molar-refractivity contribution is 5.43. The summed E-state index contributed by atoms with van der Waals surface area (Å²) in [6.45, 7) is 3.36. The number of hydrogen-bond acceptors (Lipinski definition) is 3. The second-order valence-electron chi connectivity index (χ2n) is 4.33. The van der Waals surface area contributed by atoms with Gasteiger partial charge in [0.2, 0.25) is 0 Å². The largest absolute Gasteiger partial charge is 0.490 e. The average molecular weight is 281 g/mol. The summed E-state index contributed by atoms with van der Waals surface area (Å²) in [6.07, 6.45) is 0. The van der Waals surface area contributed by atoms with Crippen molar-refractivity contribution in [2.24, 2.45) is 5.73 Å². The van der Waals surface area contributed by atoms with Crippen molar-refractivity contribution in [1.29, 1.82) is 0 Å². The molecule has 0 aliphatic carbocycles. The van der Waals surface area contributed by atoms with E-state index in [0.717, 1.165) is 22.6 Å². The molecule has 0 bridgehead atoms. The van der Waals surface area contributed by atoms with Gasteiger partial charge >= 0.3 is 0 Å². The van der Waals surface area contributed by atoms with E-state index in [9.17, 15) is 0 Å². The van der Waals surface area contributed by atoms with Gasteiger partial charge in [-0.25, -0.2) is 0 Å². The van der Waals surface area contributed by atoms with Gasteiger partial charge in [-0.05, 0) is 25.1 Å². The lowest BCUT2D eigenvalue weighted by atomic mass is 10.1. The monoisotopic (exact) mass is 281 g/mol. The van der Waals surface area contributed by atoms with E-state index in [4.69, 9.17) is 15.2 Å². The Morgan fingerprint density at radius 3 is 2.33 bits per heavy atom. The zero-order valence-corrected chi connectivity index (χ0v) is 12.1. The molecule has 21 heavy (non-hydrogen) atoms. The molecule has 2 rings (SSSR count). The van der Waals surface area contributed by atoms with Gasteiger partial charge in [0, 0.05) is 11.1 Å². The molecule has 0 aromatic heterocycles. The molecule has 0 spiro atoms. The van der Waals surface area contributed by atoms with E-state index in [2.05, 4.69) is 11.8 Å². The first-order valence-electron chi connectivity index (χ1n) is 6.96. The van der Waals surface area contributed by atoms with Gasteiger partial charge in [-0.15, -0.1) is 0 Å². The molecule has 0 saturated heterocycles. The molecule has 0 unspecified atom stereocenters. The molecule has 0 heterocycles. The van der Waals surface area contributed by atoms with Gasteiger partial charge in [0.15, 0.2) is 11.5 Å². The highest BCUT2D eigenvalue weighted by Gasteiger charge is 2.05. The van der Waals surface area contributed by atoms with Gasteiger partial charge in [0.05, 0.1) is 13.2 Å². The van der Waals surface area contributed by atoms with Crippen molar-refractivity contribution in [2.75, 3.05) is 13.2 Å². The minimum atomic E-state index is 0.350. The van der Waals surface area contributed by atoms with Crippen LogP contribution in [0.15, 0.2) is 48.5 Å². The average Bonchev–Trinajstić information content (AvgIpc) is 2.53. The number of benzene rings is 2. The Hall–Kier alpha value is -2.44. The molecular weight excluding hydrogens is 262 g/mol. The molecule has 3 heteroatoms.